The van der Waals surface area contributed by atoms with Crippen LogP contribution in [0.3, 0.4) is 0 Å². The summed E-state index contributed by atoms with van der Waals surface area (Å²) in [6, 6.07) is 10.7. The molecule has 0 radical (unpaired) electrons. The number of imidazole rings is 1. The van der Waals surface area contributed by atoms with Gasteiger partial charge in [0.05, 0.1) is 11.8 Å². The van der Waals surface area contributed by atoms with Gasteiger partial charge in [0.1, 0.15) is 11.7 Å². The standard InChI is InChI=1S/C16H19N3/c1-4-12-6-8-14(9-7-12)15-11(3)18-16(19-15)13(5-2)10-17/h6-9,13H,4-5H2,1-3H3,(H,18,19). The van der Waals surface area contributed by atoms with Crippen molar-refractivity contribution in [1.82, 2.24) is 9.97 Å². The molecule has 1 unspecified atom stereocenters. The van der Waals surface area contributed by atoms with Crippen LogP contribution in [-0.2, 0) is 6.42 Å². The van der Waals surface area contributed by atoms with Gasteiger partial charge in [0.15, 0.2) is 0 Å². The van der Waals surface area contributed by atoms with E-state index in [0.717, 1.165) is 35.6 Å². The van der Waals surface area contributed by atoms with Crippen molar-refractivity contribution in [2.45, 2.75) is 39.5 Å². The molecule has 0 aliphatic rings. The van der Waals surface area contributed by atoms with Crippen molar-refractivity contribution in [1.29, 1.82) is 5.26 Å². The molecule has 19 heavy (non-hydrogen) atoms. The van der Waals surface area contributed by atoms with E-state index in [4.69, 9.17) is 5.26 Å². The first kappa shape index (κ1) is 13.4. The molecule has 0 bridgehead atoms. The summed E-state index contributed by atoms with van der Waals surface area (Å²) in [6.45, 7) is 6.15. The van der Waals surface area contributed by atoms with Crippen molar-refractivity contribution in [2.24, 2.45) is 0 Å². The summed E-state index contributed by atoms with van der Waals surface area (Å²) in [5, 5.41) is 9.11. The van der Waals surface area contributed by atoms with Gasteiger partial charge in [-0.1, -0.05) is 38.1 Å². The molecule has 3 heteroatoms. The van der Waals surface area contributed by atoms with Crippen LogP contribution >= 0.6 is 0 Å². The summed E-state index contributed by atoms with van der Waals surface area (Å²) >= 11 is 0. The van der Waals surface area contributed by atoms with E-state index in [1.807, 2.05) is 13.8 Å². The number of hydrogen-bond donors (Lipinski definition) is 1. The molecule has 3 nitrogen and oxygen atoms in total. The number of hydrogen-bond acceptors (Lipinski definition) is 2. The fourth-order valence-corrected chi connectivity index (χ4v) is 2.17. The third kappa shape index (κ3) is 2.68. The zero-order chi connectivity index (χ0) is 13.8. The molecular formula is C16H19N3. The molecular weight excluding hydrogens is 234 g/mol. The summed E-state index contributed by atoms with van der Waals surface area (Å²) in [7, 11) is 0. The first-order valence-corrected chi connectivity index (χ1v) is 6.75. The highest BCUT2D eigenvalue weighted by molar-refractivity contribution is 5.62. The monoisotopic (exact) mass is 253 g/mol. The Morgan fingerprint density at radius 2 is 1.95 bits per heavy atom. The summed E-state index contributed by atoms with van der Waals surface area (Å²) in [6.07, 6.45) is 1.81. The van der Waals surface area contributed by atoms with Gasteiger partial charge in [0.2, 0.25) is 0 Å². The van der Waals surface area contributed by atoms with Gasteiger partial charge in [-0.05, 0) is 25.3 Å². The Kier molecular flexibility index (Phi) is 4.01. The largest absolute Gasteiger partial charge is 0.344 e. The molecule has 0 spiro atoms. The topological polar surface area (TPSA) is 52.5 Å². The van der Waals surface area contributed by atoms with Gasteiger partial charge >= 0.3 is 0 Å². The highest BCUT2D eigenvalue weighted by Gasteiger charge is 2.15. The average molecular weight is 253 g/mol. The quantitative estimate of drug-likeness (QED) is 0.896. The zero-order valence-electron chi connectivity index (χ0n) is 11.7. The molecule has 1 N–H and O–H groups in total. The summed E-state index contributed by atoms with van der Waals surface area (Å²) in [5.74, 6) is 0.624. The molecule has 0 saturated carbocycles. The average Bonchev–Trinajstić information content (AvgIpc) is 2.82. The van der Waals surface area contributed by atoms with Gasteiger partial charge in [-0.25, -0.2) is 4.98 Å². The van der Waals surface area contributed by atoms with Gasteiger partial charge in [-0.3, -0.25) is 0 Å². The number of rotatable bonds is 4. The predicted octanol–water partition coefficient (Wildman–Crippen LogP) is 3.96. The minimum atomic E-state index is -0.151. The Morgan fingerprint density at radius 1 is 1.26 bits per heavy atom. The maximum atomic E-state index is 9.11. The molecule has 98 valence electrons. The van der Waals surface area contributed by atoms with Crippen LogP contribution in [-0.4, -0.2) is 9.97 Å². The fourth-order valence-electron chi connectivity index (χ4n) is 2.17. The van der Waals surface area contributed by atoms with Crippen LogP contribution in [0.1, 0.15) is 43.3 Å². The van der Waals surface area contributed by atoms with Crippen molar-refractivity contribution in [3.63, 3.8) is 0 Å². The molecule has 1 aromatic heterocycles. The van der Waals surface area contributed by atoms with E-state index >= 15 is 0 Å². The molecule has 2 rings (SSSR count). The molecule has 0 amide bonds. The van der Waals surface area contributed by atoms with E-state index in [1.54, 1.807) is 0 Å². The van der Waals surface area contributed by atoms with Crippen molar-refractivity contribution < 1.29 is 0 Å². The van der Waals surface area contributed by atoms with Gasteiger partial charge in [0, 0.05) is 11.3 Å². The Balaban J connectivity index is 2.37. The van der Waals surface area contributed by atoms with Crippen molar-refractivity contribution in [3.8, 4) is 17.3 Å². The van der Waals surface area contributed by atoms with E-state index < -0.39 is 0 Å². The Hall–Kier alpha value is -2.08. The fraction of sp³-hybridized carbons (Fsp3) is 0.375. The smallest absolute Gasteiger partial charge is 0.124 e. The van der Waals surface area contributed by atoms with Gasteiger partial charge in [-0.15, -0.1) is 0 Å². The predicted molar refractivity (Wildman–Crippen MR) is 76.8 cm³/mol. The number of nitrogens with one attached hydrogen (secondary N) is 1. The van der Waals surface area contributed by atoms with Crippen LogP contribution in [0.5, 0.6) is 0 Å². The molecule has 2 aromatic rings. The Labute approximate surface area is 114 Å². The maximum absolute atomic E-state index is 9.11. The third-order valence-electron chi connectivity index (χ3n) is 3.43. The SMILES string of the molecule is CCc1ccc(-c2nc(C(C#N)CC)[nH]c2C)cc1. The van der Waals surface area contributed by atoms with Crippen LogP contribution in [0, 0.1) is 18.3 Å². The highest BCUT2D eigenvalue weighted by atomic mass is 14.9. The van der Waals surface area contributed by atoms with E-state index in [0.29, 0.717) is 0 Å². The van der Waals surface area contributed by atoms with Crippen molar-refractivity contribution in [3.05, 3.63) is 41.3 Å². The molecule has 1 heterocycles. The number of aromatic nitrogens is 2. The lowest BCUT2D eigenvalue weighted by Crippen LogP contribution is -1.96. The summed E-state index contributed by atoms with van der Waals surface area (Å²) in [4.78, 5) is 7.84. The lowest BCUT2D eigenvalue weighted by molar-refractivity contribution is 0.764. The lowest BCUT2D eigenvalue weighted by Gasteiger charge is -2.01. The molecule has 1 aromatic carbocycles. The first-order valence-electron chi connectivity index (χ1n) is 6.75. The van der Waals surface area contributed by atoms with Crippen LogP contribution in [0.15, 0.2) is 24.3 Å². The number of nitrogens with zero attached hydrogens (tertiary/aromatic N) is 2. The minimum Gasteiger partial charge on any atom is -0.344 e. The van der Waals surface area contributed by atoms with E-state index in [9.17, 15) is 0 Å². The van der Waals surface area contributed by atoms with Crippen LogP contribution in [0.4, 0.5) is 0 Å². The normalized spacial score (nSPS) is 12.1. The van der Waals surface area contributed by atoms with E-state index in [1.165, 1.54) is 5.56 Å². The number of H-pyrrole nitrogens is 1. The summed E-state index contributed by atoms with van der Waals surface area (Å²) < 4.78 is 0. The third-order valence-corrected chi connectivity index (χ3v) is 3.43. The number of aromatic amines is 1. The first-order chi connectivity index (χ1) is 9.19. The molecule has 0 fully saturated rings. The molecule has 0 aliphatic heterocycles. The lowest BCUT2D eigenvalue weighted by atomic mass is 10.1. The van der Waals surface area contributed by atoms with E-state index in [-0.39, 0.29) is 5.92 Å². The zero-order valence-corrected chi connectivity index (χ0v) is 11.7. The second-order valence-corrected chi connectivity index (χ2v) is 4.74. The van der Waals surface area contributed by atoms with E-state index in [2.05, 4.69) is 47.2 Å². The Bertz CT molecular complexity index is 587. The molecule has 0 saturated heterocycles. The van der Waals surface area contributed by atoms with Gasteiger partial charge in [0.25, 0.3) is 0 Å². The highest BCUT2D eigenvalue weighted by Crippen LogP contribution is 2.25. The van der Waals surface area contributed by atoms with Crippen LogP contribution < -0.4 is 0 Å². The number of nitriles is 1. The van der Waals surface area contributed by atoms with Crippen LogP contribution in [0.25, 0.3) is 11.3 Å². The second kappa shape index (κ2) is 5.71. The Morgan fingerprint density at radius 3 is 2.47 bits per heavy atom. The van der Waals surface area contributed by atoms with Crippen LogP contribution in [0.2, 0.25) is 0 Å². The molecule has 1 atom stereocenters. The summed E-state index contributed by atoms with van der Waals surface area (Å²) in [5.41, 5.74) is 4.39. The maximum Gasteiger partial charge on any atom is 0.124 e. The van der Waals surface area contributed by atoms with Crippen molar-refractivity contribution in [2.75, 3.05) is 0 Å². The van der Waals surface area contributed by atoms with Gasteiger partial charge in [-0.2, -0.15) is 5.26 Å². The second-order valence-electron chi connectivity index (χ2n) is 4.74. The number of benzene rings is 1. The minimum absolute atomic E-state index is 0.151. The van der Waals surface area contributed by atoms with Gasteiger partial charge < -0.3 is 4.98 Å². The van der Waals surface area contributed by atoms with Crippen molar-refractivity contribution >= 4 is 0 Å². The molecule has 0 aliphatic carbocycles. The number of aryl methyl sites for hydroxylation is 2.